The number of oxime groups is 1. The van der Waals surface area contributed by atoms with Crippen LogP contribution in [0.1, 0.15) is 38.7 Å². The van der Waals surface area contributed by atoms with Gasteiger partial charge in [-0.25, -0.2) is 4.39 Å². The monoisotopic (exact) mass is 279 g/mol. The summed E-state index contributed by atoms with van der Waals surface area (Å²) in [6.07, 6.45) is 3.26. The Balaban J connectivity index is 2.35. The molecule has 1 aliphatic carbocycles. The molecule has 0 saturated heterocycles. The van der Waals surface area contributed by atoms with Gasteiger partial charge in [-0.3, -0.25) is 0 Å². The van der Waals surface area contributed by atoms with Crippen molar-refractivity contribution in [3.63, 3.8) is 0 Å². The fourth-order valence-corrected chi connectivity index (χ4v) is 2.34. The minimum absolute atomic E-state index is 0.173. The molecule has 20 heavy (non-hydrogen) atoms. The van der Waals surface area contributed by atoms with E-state index in [2.05, 4.69) is 23.9 Å². The summed E-state index contributed by atoms with van der Waals surface area (Å²) in [5.41, 5.74) is 6.57. The standard InChI is InChI=1S/C15H22FN3O/c1-10(2)8-9-19(11-6-7-11)13-5-3-4-12(16)14(13)15(17)18-20/h3-5,10-11,20H,6-9H2,1-2H3,(H2,17,18). The Bertz CT molecular complexity index is 498. The molecule has 0 heterocycles. The molecule has 0 amide bonds. The third-order valence-corrected chi connectivity index (χ3v) is 3.60. The lowest BCUT2D eigenvalue weighted by atomic mass is 10.1. The summed E-state index contributed by atoms with van der Waals surface area (Å²) in [5.74, 6) is -0.0431. The molecule has 3 N–H and O–H groups in total. The first-order valence-electron chi connectivity index (χ1n) is 7.07. The Morgan fingerprint density at radius 1 is 1.50 bits per heavy atom. The van der Waals surface area contributed by atoms with Gasteiger partial charge in [0.25, 0.3) is 0 Å². The van der Waals surface area contributed by atoms with Gasteiger partial charge in [-0.2, -0.15) is 0 Å². The number of rotatable bonds is 6. The van der Waals surface area contributed by atoms with E-state index in [0.29, 0.717) is 12.0 Å². The van der Waals surface area contributed by atoms with Crippen molar-refractivity contribution in [2.24, 2.45) is 16.8 Å². The predicted molar refractivity (Wildman–Crippen MR) is 78.7 cm³/mol. The van der Waals surface area contributed by atoms with E-state index in [1.807, 2.05) is 6.07 Å². The molecule has 0 aliphatic heterocycles. The average molecular weight is 279 g/mol. The lowest BCUT2D eigenvalue weighted by Crippen LogP contribution is -2.31. The maximum Gasteiger partial charge on any atom is 0.175 e. The van der Waals surface area contributed by atoms with Crippen LogP contribution in [0.5, 0.6) is 0 Å². The highest BCUT2D eigenvalue weighted by Crippen LogP contribution is 2.34. The number of hydrogen-bond donors (Lipinski definition) is 2. The van der Waals surface area contributed by atoms with E-state index in [-0.39, 0.29) is 11.4 Å². The summed E-state index contributed by atoms with van der Waals surface area (Å²) in [4.78, 5) is 2.19. The molecule has 1 saturated carbocycles. The summed E-state index contributed by atoms with van der Waals surface area (Å²) in [6, 6.07) is 5.30. The molecule has 110 valence electrons. The zero-order valence-electron chi connectivity index (χ0n) is 12.0. The summed E-state index contributed by atoms with van der Waals surface area (Å²) in [6.45, 7) is 5.19. The van der Waals surface area contributed by atoms with Gasteiger partial charge in [0.1, 0.15) is 5.82 Å². The van der Waals surface area contributed by atoms with E-state index in [4.69, 9.17) is 10.9 Å². The van der Waals surface area contributed by atoms with Gasteiger partial charge < -0.3 is 15.8 Å². The SMILES string of the molecule is CC(C)CCN(c1cccc(F)c1/C(N)=N/O)C1CC1. The van der Waals surface area contributed by atoms with Crippen LogP contribution in [0.25, 0.3) is 0 Å². The molecule has 1 fully saturated rings. The highest BCUT2D eigenvalue weighted by Gasteiger charge is 2.31. The minimum Gasteiger partial charge on any atom is -0.409 e. The summed E-state index contributed by atoms with van der Waals surface area (Å²) < 4.78 is 14.0. The minimum atomic E-state index is -0.451. The van der Waals surface area contributed by atoms with E-state index < -0.39 is 5.82 Å². The molecule has 0 aromatic heterocycles. The second-order valence-electron chi connectivity index (χ2n) is 5.73. The maximum absolute atomic E-state index is 14.0. The van der Waals surface area contributed by atoms with E-state index in [1.54, 1.807) is 6.07 Å². The van der Waals surface area contributed by atoms with Gasteiger partial charge in [0.15, 0.2) is 5.84 Å². The van der Waals surface area contributed by atoms with Crippen LogP contribution >= 0.6 is 0 Å². The van der Waals surface area contributed by atoms with Crippen LogP contribution < -0.4 is 10.6 Å². The third-order valence-electron chi connectivity index (χ3n) is 3.60. The number of anilines is 1. The van der Waals surface area contributed by atoms with Gasteiger partial charge in [0.05, 0.1) is 11.3 Å². The third kappa shape index (κ3) is 3.21. The van der Waals surface area contributed by atoms with E-state index in [1.165, 1.54) is 6.07 Å². The summed E-state index contributed by atoms with van der Waals surface area (Å²) in [5, 5.41) is 11.8. The Labute approximate surface area is 119 Å². The van der Waals surface area contributed by atoms with Crippen LogP contribution in [-0.4, -0.2) is 23.6 Å². The van der Waals surface area contributed by atoms with Gasteiger partial charge in [-0.05, 0) is 37.3 Å². The van der Waals surface area contributed by atoms with Crippen LogP contribution in [0.4, 0.5) is 10.1 Å². The van der Waals surface area contributed by atoms with Crippen molar-refractivity contribution in [3.05, 3.63) is 29.6 Å². The van der Waals surface area contributed by atoms with Crippen molar-refractivity contribution >= 4 is 11.5 Å². The molecule has 0 bridgehead atoms. The number of nitrogens with zero attached hydrogens (tertiary/aromatic N) is 2. The van der Waals surface area contributed by atoms with Gasteiger partial charge in [-0.15, -0.1) is 0 Å². The quantitative estimate of drug-likeness (QED) is 0.364. The zero-order chi connectivity index (χ0) is 14.7. The molecular weight excluding hydrogens is 257 g/mol. The first kappa shape index (κ1) is 14.6. The number of nitrogens with two attached hydrogens (primary N) is 1. The van der Waals surface area contributed by atoms with Crippen LogP contribution in [0.15, 0.2) is 23.4 Å². The number of benzene rings is 1. The lowest BCUT2D eigenvalue weighted by Gasteiger charge is -2.27. The predicted octanol–water partition coefficient (Wildman–Crippen LogP) is 2.94. The van der Waals surface area contributed by atoms with E-state index >= 15 is 0 Å². The van der Waals surface area contributed by atoms with Crippen molar-refractivity contribution < 1.29 is 9.60 Å². The fraction of sp³-hybridized carbons (Fsp3) is 0.533. The number of amidine groups is 1. The van der Waals surface area contributed by atoms with Gasteiger partial charge in [0, 0.05) is 12.6 Å². The largest absolute Gasteiger partial charge is 0.409 e. The maximum atomic E-state index is 14.0. The molecule has 4 nitrogen and oxygen atoms in total. The number of hydrogen-bond acceptors (Lipinski definition) is 3. The average Bonchev–Trinajstić information content (AvgIpc) is 3.22. The van der Waals surface area contributed by atoms with Crippen molar-refractivity contribution in [2.45, 2.75) is 39.2 Å². The molecule has 5 heteroatoms. The highest BCUT2D eigenvalue weighted by atomic mass is 19.1. The van der Waals surface area contributed by atoms with Crippen molar-refractivity contribution in [1.29, 1.82) is 0 Å². The van der Waals surface area contributed by atoms with Crippen molar-refractivity contribution in [2.75, 3.05) is 11.4 Å². The van der Waals surface area contributed by atoms with Gasteiger partial charge in [0.2, 0.25) is 0 Å². The molecule has 0 radical (unpaired) electrons. The zero-order valence-corrected chi connectivity index (χ0v) is 12.0. The van der Waals surface area contributed by atoms with E-state index in [0.717, 1.165) is 31.5 Å². The lowest BCUT2D eigenvalue weighted by molar-refractivity contribution is 0.318. The highest BCUT2D eigenvalue weighted by molar-refractivity contribution is 6.02. The Morgan fingerprint density at radius 2 is 2.20 bits per heavy atom. The van der Waals surface area contributed by atoms with Crippen molar-refractivity contribution in [3.8, 4) is 0 Å². The first-order valence-corrected chi connectivity index (χ1v) is 7.07. The molecule has 1 aliphatic rings. The van der Waals surface area contributed by atoms with Crippen LogP contribution in [-0.2, 0) is 0 Å². The summed E-state index contributed by atoms with van der Waals surface area (Å²) >= 11 is 0. The van der Waals surface area contributed by atoms with Crippen LogP contribution in [0.3, 0.4) is 0 Å². The second-order valence-corrected chi connectivity index (χ2v) is 5.73. The topological polar surface area (TPSA) is 61.8 Å². The molecule has 0 atom stereocenters. The second kappa shape index (κ2) is 6.11. The normalized spacial score (nSPS) is 15.7. The molecule has 2 rings (SSSR count). The number of halogens is 1. The van der Waals surface area contributed by atoms with E-state index in [9.17, 15) is 4.39 Å². The molecule has 1 aromatic carbocycles. The fourth-order valence-electron chi connectivity index (χ4n) is 2.34. The Kier molecular flexibility index (Phi) is 4.47. The molecule has 1 aromatic rings. The molecular formula is C15H22FN3O. The van der Waals surface area contributed by atoms with Crippen LogP contribution in [0, 0.1) is 11.7 Å². The molecule has 0 spiro atoms. The summed E-state index contributed by atoms with van der Waals surface area (Å²) in [7, 11) is 0. The van der Waals surface area contributed by atoms with Gasteiger partial charge in [-0.1, -0.05) is 25.1 Å². The molecule has 0 unspecified atom stereocenters. The first-order chi connectivity index (χ1) is 9.54. The van der Waals surface area contributed by atoms with Gasteiger partial charge >= 0.3 is 0 Å². The Morgan fingerprint density at radius 3 is 2.75 bits per heavy atom. The Hall–Kier alpha value is -1.78. The van der Waals surface area contributed by atoms with Crippen molar-refractivity contribution in [1.82, 2.24) is 0 Å². The van der Waals surface area contributed by atoms with Crippen LogP contribution in [0.2, 0.25) is 0 Å². The smallest absolute Gasteiger partial charge is 0.175 e.